The number of pyridine rings is 1. The van der Waals surface area contributed by atoms with Gasteiger partial charge in [-0.2, -0.15) is 5.10 Å². The second-order valence-corrected chi connectivity index (χ2v) is 27.1. The number of aromatic nitrogens is 5. The molecule has 27 nitrogen and oxygen atoms in total. The van der Waals surface area contributed by atoms with Crippen LogP contribution in [-0.4, -0.2) is 184 Å². The van der Waals surface area contributed by atoms with E-state index in [2.05, 4.69) is 44.7 Å². The first kappa shape index (κ1) is 64.8. The number of H-pyrrole nitrogens is 1. The van der Waals surface area contributed by atoms with Crippen LogP contribution in [0, 0.1) is 23.2 Å². The van der Waals surface area contributed by atoms with E-state index in [0.29, 0.717) is 50.8 Å². The van der Waals surface area contributed by atoms with Gasteiger partial charge in [0.2, 0.25) is 12.2 Å². The number of para-hydroxylation sites is 2. The van der Waals surface area contributed by atoms with Gasteiger partial charge < -0.3 is 65.0 Å². The number of benzene rings is 3. The van der Waals surface area contributed by atoms with E-state index in [1.807, 2.05) is 48.0 Å². The zero-order valence-corrected chi connectivity index (χ0v) is 52.6. The number of hydrogen-bond donors (Lipinski definition) is 9. The average Bonchev–Trinajstić information content (AvgIpc) is 0.823. The molecule has 0 radical (unpaired) electrons. The number of aliphatic hydroxyl groups excluding tert-OH is 3. The Labute approximate surface area is 541 Å². The Morgan fingerprint density at radius 2 is 1.59 bits per heavy atom. The van der Waals surface area contributed by atoms with Crippen molar-refractivity contribution in [2.75, 3.05) is 50.5 Å². The number of carboxylic acids is 2. The Hall–Kier alpha value is -9.29. The van der Waals surface area contributed by atoms with Crippen LogP contribution in [0.25, 0.3) is 43.6 Å². The fourth-order valence-electron chi connectivity index (χ4n) is 15.3. The topological polar surface area (TPSA) is 377 Å². The third-order valence-electron chi connectivity index (χ3n) is 18.3. The zero-order valence-electron chi connectivity index (χ0n) is 51.8. The smallest absolute Gasteiger partial charge is 0.409 e. The van der Waals surface area contributed by atoms with Crippen molar-refractivity contribution in [2.24, 2.45) is 16.2 Å². The Balaban J connectivity index is 0.682. The van der Waals surface area contributed by atoms with E-state index in [1.165, 1.54) is 34.4 Å². The number of likely N-dealkylation sites (N-methyl/N-ethyl adjacent to an activating group) is 1. The number of fused-ring (bicyclic) bond motifs is 2. The van der Waals surface area contributed by atoms with Crippen molar-refractivity contribution in [2.45, 2.75) is 115 Å². The lowest BCUT2D eigenvalue weighted by Gasteiger charge is -2.69. The number of aliphatic carboxylic acids is 1. The van der Waals surface area contributed by atoms with Gasteiger partial charge >= 0.3 is 18.0 Å². The lowest BCUT2D eigenvalue weighted by atomic mass is 9.39. The summed E-state index contributed by atoms with van der Waals surface area (Å²) in [6, 6.07) is 22.5. The Kier molecular flexibility index (Phi) is 17.6. The summed E-state index contributed by atoms with van der Waals surface area (Å²) in [6.07, 6.45) is -1.43. The van der Waals surface area contributed by atoms with E-state index >= 15 is 0 Å². The number of carbonyl (C=O) groups excluding carboxylic acids is 6. The second kappa shape index (κ2) is 25.6. The highest BCUT2D eigenvalue weighted by Gasteiger charge is 2.66. The minimum Gasteiger partial charge on any atom is -0.479 e. The van der Waals surface area contributed by atoms with E-state index in [0.717, 1.165) is 76.9 Å². The third-order valence-corrected chi connectivity index (χ3v) is 19.3. The van der Waals surface area contributed by atoms with Gasteiger partial charge in [0.1, 0.15) is 36.5 Å². The quantitative estimate of drug-likeness (QED) is 0.0311. The standard InChI is InChI=1S/C66H70N10O17S/c1-35-41(39-13-14-42(70-52(39)58(85)86)44-23-37-8-7-9-40(51(37)71-44)57(84)73-61-72-43-10-5-6-11-47(43)94-61)25-68-76(35)34-65-29-63(2)28-64(3,30-65)32-66(31-63,33-65)91-21-20-74(4)62(89)90-27-36-12-15-46(92-60-55(83)53(81)54(82)56(93-60)59(87)88)45(22-36)69-48(78)26-67-24-38(77)18-19-75-49(79)16-17-50(75)80/h5-17,22-23,25,53-56,60,67,71,81-83H,18-21,24,26-34H2,1-4H3,(H,69,78)(H,85,86)(H,87,88)(H,72,73,84)/t53-,54-,55+,56-,60+,63?,64?,65?,66?/m0/s1. The number of aromatic carboxylic acids is 1. The minimum atomic E-state index is -2.00. The highest BCUT2D eigenvalue weighted by molar-refractivity contribution is 7.22. The number of carboxylic acid groups (broad SMARTS) is 2. The molecule has 5 fully saturated rings. The van der Waals surface area contributed by atoms with Crippen molar-refractivity contribution >= 4 is 90.7 Å². The van der Waals surface area contributed by atoms with Gasteiger partial charge in [-0.15, -0.1) is 0 Å². The molecule has 13 rings (SSSR count). The van der Waals surface area contributed by atoms with Crippen molar-refractivity contribution in [1.29, 1.82) is 0 Å². The number of ketones is 1. The van der Waals surface area contributed by atoms with Gasteiger partial charge in [-0.05, 0) is 116 Å². The van der Waals surface area contributed by atoms with Gasteiger partial charge in [0.05, 0.1) is 69.9 Å². The molecule has 7 aromatic rings. The SMILES string of the molecule is Cc1c(-c2ccc(-c3cc4cccc(C(=O)Nc5nc6ccccc6s5)c4[nH]3)nc2C(=O)O)cnn1CC12CC3(C)CC(C)(C1)CC(OCCN(C)C(=O)OCc1ccc(O[C@@H]4O[C@H](C(=O)O)[C@@H](O)[C@H](O)[C@H]4O)c(NC(=O)CNCC(=O)CCN4C(=O)C=CC4=O)c1)(C3)C2. The highest BCUT2D eigenvalue weighted by atomic mass is 32.1. The lowest BCUT2D eigenvalue weighted by molar-refractivity contribution is -0.271. The summed E-state index contributed by atoms with van der Waals surface area (Å²) in [6.45, 7) is 6.32. The minimum absolute atomic E-state index is 0.0569. The molecule has 3 aromatic carbocycles. The molecule has 28 heteroatoms. The molecule has 2 unspecified atom stereocenters. The number of thiazole rings is 1. The molecule has 492 valence electrons. The third kappa shape index (κ3) is 13.3. The molecule has 7 atom stereocenters. The number of nitrogens with one attached hydrogen (secondary N) is 4. The molecule has 4 aliphatic carbocycles. The Morgan fingerprint density at radius 3 is 2.32 bits per heavy atom. The molecule has 94 heavy (non-hydrogen) atoms. The molecule has 6 aliphatic rings. The van der Waals surface area contributed by atoms with Gasteiger partial charge in [-0.25, -0.2) is 24.4 Å². The Morgan fingerprint density at radius 1 is 0.830 bits per heavy atom. The fraction of sp³-hybridized carbons (Fsp3) is 0.409. The first-order valence-corrected chi connectivity index (χ1v) is 31.5. The van der Waals surface area contributed by atoms with Crippen LogP contribution < -0.4 is 20.7 Å². The van der Waals surface area contributed by atoms with Crippen LogP contribution in [0.2, 0.25) is 0 Å². The van der Waals surface area contributed by atoms with E-state index in [9.17, 15) is 63.9 Å². The van der Waals surface area contributed by atoms with Gasteiger partial charge in [0, 0.05) is 67.5 Å². The molecule has 6 heterocycles. The number of rotatable bonds is 24. The largest absolute Gasteiger partial charge is 0.479 e. The maximum atomic E-state index is 13.6. The van der Waals surface area contributed by atoms with E-state index in [4.69, 9.17) is 24.0 Å². The van der Waals surface area contributed by atoms with Gasteiger partial charge in [0.15, 0.2) is 16.9 Å². The Bertz CT molecular complexity index is 4170. The van der Waals surface area contributed by atoms with E-state index in [-0.39, 0.29) is 78.6 Å². The van der Waals surface area contributed by atoms with Gasteiger partial charge in [-0.1, -0.05) is 55.5 Å². The molecular formula is C66H70N10O17S. The number of imide groups is 1. The molecule has 1 saturated heterocycles. The van der Waals surface area contributed by atoms with Crippen LogP contribution in [-0.2, 0) is 51.3 Å². The molecule has 4 saturated carbocycles. The number of nitrogens with zero attached hydrogens (tertiary/aromatic N) is 6. The highest BCUT2D eigenvalue weighted by Crippen LogP contribution is 2.72. The summed E-state index contributed by atoms with van der Waals surface area (Å²) in [4.78, 5) is 117. The summed E-state index contributed by atoms with van der Waals surface area (Å²) in [5.41, 5.74) is 3.73. The predicted molar refractivity (Wildman–Crippen MR) is 338 cm³/mol. The summed E-state index contributed by atoms with van der Waals surface area (Å²) >= 11 is 1.38. The van der Waals surface area contributed by atoms with Crippen molar-refractivity contribution in [3.05, 3.63) is 120 Å². The number of ether oxygens (including phenoxy) is 4. The fourth-order valence-corrected chi connectivity index (χ4v) is 16.1. The van der Waals surface area contributed by atoms with Crippen molar-refractivity contribution < 1.29 is 82.8 Å². The number of aromatic amines is 1. The summed E-state index contributed by atoms with van der Waals surface area (Å²) in [5, 5.41) is 66.0. The molecule has 2 aliphatic heterocycles. The maximum Gasteiger partial charge on any atom is 0.409 e. The molecule has 5 amide bonds. The van der Waals surface area contributed by atoms with Crippen LogP contribution in [0.4, 0.5) is 15.6 Å². The zero-order chi connectivity index (χ0) is 66.6. The van der Waals surface area contributed by atoms with Crippen molar-refractivity contribution in [1.82, 2.24) is 39.8 Å². The maximum absolute atomic E-state index is 13.6. The van der Waals surface area contributed by atoms with Crippen LogP contribution in [0.5, 0.6) is 5.75 Å². The van der Waals surface area contributed by atoms with E-state index in [1.54, 1.807) is 37.5 Å². The average molecular weight is 1310 g/mol. The predicted octanol–water partition coefficient (Wildman–Crippen LogP) is 6.05. The molecule has 4 bridgehead atoms. The number of amides is 5. The van der Waals surface area contributed by atoms with Gasteiger partial charge in [-0.3, -0.25) is 38.9 Å². The van der Waals surface area contributed by atoms with Crippen molar-refractivity contribution in [3.8, 4) is 28.3 Å². The van der Waals surface area contributed by atoms with Gasteiger partial charge in [0.25, 0.3) is 17.7 Å². The first-order valence-electron chi connectivity index (χ1n) is 30.6. The molecule has 9 N–H and O–H groups in total. The number of Topliss-reactive ketones (excluding diaryl/α,β-unsaturated/α-hetero) is 1. The van der Waals surface area contributed by atoms with Crippen LogP contribution in [0.3, 0.4) is 0 Å². The number of hydrogen-bond acceptors (Lipinski definition) is 20. The summed E-state index contributed by atoms with van der Waals surface area (Å²) in [7, 11) is 1.58. The normalized spacial score (nSPS) is 25.3. The number of aliphatic hydroxyl groups is 3. The monoisotopic (exact) mass is 1310 g/mol. The van der Waals surface area contributed by atoms with E-state index < -0.39 is 84.4 Å². The molecule has 0 spiro atoms. The molecule has 4 aromatic heterocycles. The number of carbonyl (C=O) groups is 8. The second-order valence-electron chi connectivity index (χ2n) is 26.1. The van der Waals surface area contributed by atoms with Crippen LogP contribution in [0.15, 0.2) is 97.2 Å². The lowest BCUT2D eigenvalue weighted by Crippen LogP contribution is -2.64. The van der Waals surface area contributed by atoms with Crippen molar-refractivity contribution in [3.63, 3.8) is 0 Å². The van der Waals surface area contributed by atoms with Crippen LogP contribution in [0.1, 0.15) is 90.9 Å². The summed E-state index contributed by atoms with van der Waals surface area (Å²) in [5.74, 6) is -5.57. The first-order chi connectivity index (χ1) is 44.8. The number of anilines is 2. The summed E-state index contributed by atoms with van der Waals surface area (Å²) < 4.78 is 26.7. The van der Waals surface area contributed by atoms with Crippen LogP contribution >= 0.6 is 11.3 Å². The molecular weight excluding hydrogens is 1240 g/mol.